The highest BCUT2D eigenvalue weighted by Crippen LogP contribution is 2.46. The van der Waals surface area contributed by atoms with Crippen molar-refractivity contribution in [3.63, 3.8) is 0 Å². The van der Waals surface area contributed by atoms with E-state index in [1.807, 2.05) is 19.9 Å². The van der Waals surface area contributed by atoms with Gasteiger partial charge in [0, 0.05) is 0 Å². The van der Waals surface area contributed by atoms with Gasteiger partial charge in [-0.15, -0.1) is 10.2 Å². The topological polar surface area (TPSA) is 104 Å². The lowest BCUT2D eigenvalue weighted by atomic mass is 9.97. The number of amides is 1. The number of carbonyl (C=O) groups excluding carboxylic acids is 1. The number of methoxy groups -OCH3 is 3. The molecule has 2 aromatic heterocycles. The molecule has 0 bridgehead atoms. The Morgan fingerprint density at radius 1 is 1.03 bits per heavy atom. The third-order valence-corrected chi connectivity index (χ3v) is 7.06. The van der Waals surface area contributed by atoms with Gasteiger partial charge in [0.05, 0.1) is 38.3 Å². The highest BCUT2D eigenvalue weighted by atomic mass is 32.1. The fraction of sp³-hybridized carbons (Fsp3) is 0.280. The van der Waals surface area contributed by atoms with Gasteiger partial charge in [-0.1, -0.05) is 29.9 Å². The number of anilines is 1. The van der Waals surface area contributed by atoms with Gasteiger partial charge in [0.2, 0.25) is 16.6 Å². The van der Waals surface area contributed by atoms with Gasteiger partial charge < -0.3 is 18.6 Å². The van der Waals surface area contributed by atoms with Gasteiger partial charge in [0.25, 0.3) is 5.91 Å². The second-order valence-electron chi connectivity index (χ2n) is 8.04. The minimum Gasteiger partial charge on any atom is -0.493 e. The Hall–Kier alpha value is -3.92. The van der Waals surface area contributed by atoms with Gasteiger partial charge in [-0.2, -0.15) is 0 Å². The van der Waals surface area contributed by atoms with Crippen LogP contribution in [-0.2, 0) is 6.42 Å². The SMILES string of the molecule is CCc1nnc(N2C(=O)c3oc4ccc(C)cc4c(=O)c3[C@@H]2c2cc(OC)c(OC)c(OC)c2)s1. The van der Waals surface area contributed by atoms with Crippen LogP contribution in [0, 0.1) is 6.92 Å². The number of aryl methyl sites for hydroxylation is 2. The predicted octanol–water partition coefficient (Wildman–Crippen LogP) is 4.29. The first-order valence-corrected chi connectivity index (χ1v) is 11.8. The zero-order chi connectivity index (χ0) is 24.9. The van der Waals surface area contributed by atoms with Crippen molar-refractivity contribution in [3.8, 4) is 17.2 Å². The average Bonchev–Trinajstić information content (AvgIpc) is 3.46. The van der Waals surface area contributed by atoms with Crippen LogP contribution in [0.4, 0.5) is 5.13 Å². The molecular weight excluding hydrogens is 470 g/mol. The third-order valence-electron chi connectivity index (χ3n) is 5.99. The molecule has 1 amide bonds. The minimum atomic E-state index is -0.829. The van der Waals surface area contributed by atoms with Crippen molar-refractivity contribution in [1.29, 1.82) is 0 Å². The number of carbonyl (C=O) groups is 1. The summed E-state index contributed by atoms with van der Waals surface area (Å²) in [5.41, 5.74) is 1.80. The molecule has 0 radical (unpaired) electrons. The molecular formula is C25H23N3O6S. The third kappa shape index (κ3) is 3.52. The standard InChI is InChI=1S/C25H23N3O6S/c1-6-18-26-27-25(35-18)28-20(13-10-16(31-3)22(33-5)17(11-13)32-4)19-21(29)14-9-12(2)7-8-15(14)34-23(19)24(28)30/h7-11,20H,6H2,1-5H3/t20-/m0/s1. The maximum atomic E-state index is 13.8. The van der Waals surface area contributed by atoms with E-state index in [4.69, 9.17) is 18.6 Å². The summed E-state index contributed by atoms with van der Waals surface area (Å²) >= 11 is 1.30. The van der Waals surface area contributed by atoms with Crippen LogP contribution in [0.1, 0.15) is 45.2 Å². The summed E-state index contributed by atoms with van der Waals surface area (Å²) in [6, 6.07) is 7.93. The van der Waals surface area contributed by atoms with Crippen molar-refractivity contribution in [2.45, 2.75) is 26.3 Å². The smallest absolute Gasteiger partial charge is 0.297 e. The Kier molecular flexibility index (Phi) is 5.68. The molecule has 5 rings (SSSR count). The van der Waals surface area contributed by atoms with Crippen LogP contribution in [0.2, 0.25) is 0 Å². The zero-order valence-corrected chi connectivity index (χ0v) is 20.7. The number of benzene rings is 2. The largest absolute Gasteiger partial charge is 0.493 e. The van der Waals surface area contributed by atoms with Crippen LogP contribution >= 0.6 is 11.3 Å². The molecule has 2 aromatic carbocycles. The van der Waals surface area contributed by atoms with Crippen molar-refractivity contribution in [3.05, 3.63) is 68.0 Å². The molecule has 0 spiro atoms. The molecule has 0 fully saturated rings. The number of ether oxygens (including phenoxy) is 3. The van der Waals surface area contributed by atoms with Gasteiger partial charge in [0.1, 0.15) is 10.6 Å². The van der Waals surface area contributed by atoms with Crippen LogP contribution < -0.4 is 24.5 Å². The van der Waals surface area contributed by atoms with E-state index in [9.17, 15) is 9.59 Å². The van der Waals surface area contributed by atoms with E-state index < -0.39 is 11.9 Å². The van der Waals surface area contributed by atoms with E-state index in [0.29, 0.717) is 45.3 Å². The maximum absolute atomic E-state index is 13.8. The van der Waals surface area contributed by atoms with Crippen molar-refractivity contribution in [1.82, 2.24) is 10.2 Å². The molecule has 4 aromatic rings. The molecule has 1 aliphatic heterocycles. The Morgan fingerprint density at radius 3 is 2.34 bits per heavy atom. The Bertz CT molecular complexity index is 1500. The summed E-state index contributed by atoms with van der Waals surface area (Å²) < 4.78 is 22.6. The summed E-state index contributed by atoms with van der Waals surface area (Å²) in [5, 5.41) is 9.99. The molecule has 3 heterocycles. The lowest BCUT2D eigenvalue weighted by Gasteiger charge is -2.24. The van der Waals surface area contributed by atoms with E-state index >= 15 is 0 Å². The molecule has 10 heteroatoms. The number of rotatable bonds is 6. The molecule has 0 saturated carbocycles. The van der Waals surface area contributed by atoms with Crippen LogP contribution in [0.15, 0.2) is 39.5 Å². The zero-order valence-electron chi connectivity index (χ0n) is 19.9. The molecule has 0 saturated heterocycles. The molecule has 1 aliphatic rings. The highest BCUT2D eigenvalue weighted by Gasteiger charge is 2.45. The van der Waals surface area contributed by atoms with E-state index in [1.165, 1.54) is 37.6 Å². The predicted molar refractivity (Wildman–Crippen MR) is 131 cm³/mol. The van der Waals surface area contributed by atoms with Crippen LogP contribution in [0.25, 0.3) is 11.0 Å². The van der Waals surface area contributed by atoms with Crippen molar-refractivity contribution < 1.29 is 23.4 Å². The first-order valence-electron chi connectivity index (χ1n) is 10.9. The fourth-order valence-electron chi connectivity index (χ4n) is 4.34. The van der Waals surface area contributed by atoms with Crippen LogP contribution in [0.5, 0.6) is 17.2 Å². The normalized spacial score (nSPS) is 14.9. The van der Waals surface area contributed by atoms with Gasteiger partial charge in [-0.05, 0) is 43.2 Å². The summed E-state index contributed by atoms with van der Waals surface area (Å²) in [6.45, 7) is 3.86. The number of aromatic nitrogens is 2. The van der Waals surface area contributed by atoms with Crippen molar-refractivity contribution >= 4 is 33.3 Å². The molecule has 9 nitrogen and oxygen atoms in total. The first-order chi connectivity index (χ1) is 16.9. The monoisotopic (exact) mass is 493 g/mol. The lowest BCUT2D eigenvalue weighted by molar-refractivity contribution is 0.0970. The number of fused-ring (bicyclic) bond motifs is 2. The Balaban J connectivity index is 1.83. The van der Waals surface area contributed by atoms with Crippen molar-refractivity contribution in [2.75, 3.05) is 26.2 Å². The number of hydrogen-bond acceptors (Lipinski definition) is 9. The van der Waals surface area contributed by atoms with E-state index in [1.54, 1.807) is 24.3 Å². The van der Waals surface area contributed by atoms with E-state index in [0.717, 1.165) is 10.6 Å². The molecule has 1 atom stereocenters. The van der Waals surface area contributed by atoms with Gasteiger partial charge >= 0.3 is 0 Å². The molecule has 180 valence electrons. The average molecular weight is 494 g/mol. The molecule has 0 unspecified atom stereocenters. The summed E-state index contributed by atoms with van der Waals surface area (Å²) in [6.07, 6.45) is 0.668. The second kappa shape index (κ2) is 8.70. The molecule has 0 N–H and O–H groups in total. The Labute approximate surface area is 204 Å². The first kappa shape index (κ1) is 22.9. The highest BCUT2D eigenvalue weighted by molar-refractivity contribution is 7.15. The van der Waals surface area contributed by atoms with Crippen LogP contribution in [-0.4, -0.2) is 37.4 Å². The van der Waals surface area contributed by atoms with Gasteiger partial charge in [0.15, 0.2) is 16.9 Å². The molecule has 0 aliphatic carbocycles. The van der Waals surface area contributed by atoms with Crippen molar-refractivity contribution in [2.24, 2.45) is 0 Å². The second-order valence-corrected chi connectivity index (χ2v) is 9.08. The lowest BCUT2D eigenvalue weighted by Crippen LogP contribution is -2.29. The van der Waals surface area contributed by atoms with E-state index in [2.05, 4.69) is 10.2 Å². The van der Waals surface area contributed by atoms with E-state index in [-0.39, 0.29) is 16.8 Å². The minimum absolute atomic E-state index is 0.0154. The number of hydrogen-bond donors (Lipinski definition) is 0. The fourth-order valence-corrected chi connectivity index (χ4v) is 5.15. The summed E-state index contributed by atoms with van der Waals surface area (Å²) in [7, 11) is 4.53. The summed E-state index contributed by atoms with van der Waals surface area (Å²) in [4.78, 5) is 29.0. The van der Waals surface area contributed by atoms with Gasteiger partial charge in [-0.3, -0.25) is 14.5 Å². The maximum Gasteiger partial charge on any atom is 0.297 e. The Morgan fingerprint density at radius 2 is 1.74 bits per heavy atom. The number of nitrogens with zero attached hydrogens (tertiary/aromatic N) is 3. The quantitative estimate of drug-likeness (QED) is 0.392. The summed E-state index contributed by atoms with van der Waals surface area (Å²) in [5.74, 6) is 0.723. The van der Waals surface area contributed by atoms with Gasteiger partial charge in [-0.25, -0.2) is 0 Å². The van der Waals surface area contributed by atoms with Crippen LogP contribution in [0.3, 0.4) is 0 Å². The molecule has 35 heavy (non-hydrogen) atoms.